The van der Waals surface area contributed by atoms with Gasteiger partial charge in [-0.1, -0.05) is 36.8 Å². The number of pyridine rings is 1. The van der Waals surface area contributed by atoms with Gasteiger partial charge in [0.05, 0.1) is 12.0 Å². The predicted molar refractivity (Wildman–Crippen MR) is 136 cm³/mol. The van der Waals surface area contributed by atoms with Crippen LogP contribution in [0.1, 0.15) is 36.1 Å². The monoisotopic (exact) mass is 489 g/mol. The number of nitrogens with zero attached hydrogens (tertiary/aromatic N) is 5. The Balaban J connectivity index is 1.60. The first-order valence-electron chi connectivity index (χ1n) is 11.9. The Morgan fingerprint density at radius 3 is 2.64 bits per heavy atom. The number of likely N-dealkylation sites (N-methyl/N-ethyl adjacent to an activating group) is 1. The highest BCUT2D eigenvalue weighted by Gasteiger charge is 2.55. The molecule has 1 aliphatic heterocycles. The summed E-state index contributed by atoms with van der Waals surface area (Å²) in [5, 5.41) is 7.23. The quantitative estimate of drug-likeness (QED) is 0.491. The van der Waals surface area contributed by atoms with E-state index in [4.69, 9.17) is 5.73 Å². The highest BCUT2D eigenvalue weighted by Crippen LogP contribution is 2.33. The first-order chi connectivity index (χ1) is 17.2. The highest BCUT2D eigenvalue weighted by molar-refractivity contribution is 6.12. The van der Waals surface area contributed by atoms with E-state index in [-0.39, 0.29) is 18.4 Å². The number of aryl methyl sites for hydroxylation is 2. The second-order valence-electron chi connectivity index (χ2n) is 9.12. The summed E-state index contributed by atoms with van der Waals surface area (Å²) in [6.07, 6.45) is 4.17. The zero-order chi connectivity index (χ0) is 26.0. The molecule has 3 aromatic rings. The van der Waals surface area contributed by atoms with Gasteiger partial charge in [0.25, 0.3) is 5.91 Å². The van der Waals surface area contributed by atoms with Crippen LogP contribution < -0.4 is 16.0 Å². The van der Waals surface area contributed by atoms with E-state index in [1.165, 1.54) is 4.90 Å². The van der Waals surface area contributed by atoms with Crippen molar-refractivity contribution in [2.45, 2.75) is 38.8 Å². The first-order valence-corrected chi connectivity index (χ1v) is 11.9. The smallest absolute Gasteiger partial charge is 0.325 e. The van der Waals surface area contributed by atoms with Crippen molar-refractivity contribution in [1.82, 2.24) is 25.0 Å². The van der Waals surface area contributed by atoms with Crippen LogP contribution in [-0.2, 0) is 23.1 Å². The average molecular weight is 490 g/mol. The maximum Gasteiger partial charge on any atom is 0.325 e. The molecule has 1 saturated heterocycles. The summed E-state index contributed by atoms with van der Waals surface area (Å²) >= 11 is 0. The van der Waals surface area contributed by atoms with Crippen molar-refractivity contribution in [3.63, 3.8) is 0 Å². The summed E-state index contributed by atoms with van der Waals surface area (Å²) in [6.45, 7) is 3.94. The Morgan fingerprint density at radius 1 is 1.22 bits per heavy atom. The van der Waals surface area contributed by atoms with Crippen LogP contribution in [0.3, 0.4) is 0 Å². The number of hydrogen-bond acceptors (Lipinski definition) is 6. The number of imide groups is 1. The minimum Gasteiger partial charge on any atom is -0.384 e. The van der Waals surface area contributed by atoms with E-state index in [9.17, 15) is 14.4 Å². The number of carbonyl (C=O) groups is 3. The molecule has 0 bridgehead atoms. The second-order valence-corrected chi connectivity index (χ2v) is 9.12. The molecule has 0 saturated carbocycles. The molecule has 2 aromatic heterocycles. The summed E-state index contributed by atoms with van der Waals surface area (Å²) < 4.78 is 1.58. The SMILES string of the molecule is CC[C@@H](NC(=O)N1C(=O)[C@H](Cc2ccnc(N)c2)[C@H]1C(=O)N(C)c1ccn(C)n1)c1cccc(C)c1. The van der Waals surface area contributed by atoms with Gasteiger partial charge >= 0.3 is 6.03 Å². The summed E-state index contributed by atoms with van der Waals surface area (Å²) in [6, 6.07) is 11.1. The van der Waals surface area contributed by atoms with Crippen molar-refractivity contribution in [3.8, 4) is 0 Å². The predicted octanol–water partition coefficient (Wildman–Crippen LogP) is 2.60. The number of likely N-dealkylation sites (tertiary alicyclic amines) is 1. The number of urea groups is 1. The van der Waals surface area contributed by atoms with Gasteiger partial charge in [0.1, 0.15) is 11.9 Å². The van der Waals surface area contributed by atoms with Crippen LogP contribution in [-0.4, -0.2) is 50.6 Å². The third-order valence-corrected chi connectivity index (χ3v) is 6.51. The average Bonchev–Trinajstić information content (AvgIpc) is 3.29. The topological polar surface area (TPSA) is 126 Å². The molecule has 4 amide bonds. The molecule has 188 valence electrons. The molecule has 10 nitrogen and oxygen atoms in total. The van der Waals surface area contributed by atoms with Crippen LogP contribution in [0.15, 0.2) is 54.9 Å². The van der Waals surface area contributed by atoms with Crippen molar-refractivity contribution in [2.24, 2.45) is 13.0 Å². The van der Waals surface area contributed by atoms with Crippen LogP contribution in [0.5, 0.6) is 0 Å². The van der Waals surface area contributed by atoms with Gasteiger partial charge in [-0.3, -0.25) is 24.1 Å². The number of nitrogens with one attached hydrogen (secondary N) is 1. The van der Waals surface area contributed by atoms with E-state index in [1.54, 1.807) is 49.4 Å². The maximum atomic E-state index is 13.6. The van der Waals surface area contributed by atoms with Gasteiger partial charge in [-0.15, -0.1) is 0 Å². The van der Waals surface area contributed by atoms with E-state index < -0.39 is 23.9 Å². The highest BCUT2D eigenvalue weighted by atomic mass is 16.2. The van der Waals surface area contributed by atoms with Crippen LogP contribution in [0.2, 0.25) is 0 Å². The zero-order valence-electron chi connectivity index (χ0n) is 20.9. The largest absolute Gasteiger partial charge is 0.384 e. The van der Waals surface area contributed by atoms with Crippen LogP contribution in [0.25, 0.3) is 0 Å². The minimum atomic E-state index is -0.978. The van der Waals surface area contributed by atoms with Crippen molar-refractivity contribution in [3.05, 3.63) is 71.5 Å². The molecule has 36 heavy (non-hydrogen) atoms. The number of nitrogens with two attached hydrogens (primary N) is 1. The van der Waals surface area contributed by atoms with Gasteiger partial charge in [-0.25, -0.2) is 9.78 Å². The molecule has 0 radical (unpaired) electrons. The van der Waals surface area contributed by atoms with Gasteiger partial charge < -0.3 is 11.1 Å². The Hall–Kier alpha value is -4.21. The molecule has 1 aromatic carbocycles. The molecule has 1 fully saturated rings. The fraction of sp³-hybridized carbons (Fsp3) is 0.346. The lowest BCUT2D eigenvalue weighted by Gasteiger charge is -2.45. The fourth-order valence-electron chi connectivity index (χ4n) is 4.55. The van der Waals surface area contributed by atoms with Crippen molar-refractivity contribution >= 4 is 29.5 Å². The molecule has 0 unspecified atom stereocenters. The standard InChI is InChI=1S/C26H31N7O3/c1-5-20(18-8-6-7-16(2)13-18)29-26(36)33-23(25(35)32(4)22-10-12-31(3)30-22)19(24(33)34)14-17-9-11-28-21(27)15-17/h6-13,15,19-20,23H,5,14H2,1-4H3,(H2,27,28)(H,29,36)/t19-,20-,23+/m1/s1. The third kappa shape index (κ3) is 4.93. The molecule has 3 heterocycles. The van der Waals surface area contributed by atoms with Crippen molar-refractivity contribution in [2.75, 3.05) is 17.7 Å². The minimum absolute atomic E-state index is 0.261. The lowest BCUT2D eigenvalue weighted by molar-refractivity contribution is -0.156. The number of amides is 4. The lowest BCUT2D eigenvalue weighted by atomic mass is 9.81. The van der Waals surface area contributed by atoms with E-state index in [0.717, 1.165) is 21.6 Å². The van der Waals surface area contributed by atoms with E-state index in [0.29, 0.717) is 18.1 Å². The number of nitrogen functional groups attached to an aromatic ring is 1. The molecule has 4 rings (SSSR count). The summed E-state index contributed by atoms with van der Waals surface area (Å²) in [7, 11) is 3.34. The molecule has 3 atom stereocenters. The zero-order valence-corrected chi connectivity index (χ0v) is 20.9. The van der Waals surface area contributed by atoms with Gasteiger partial charge in [0.15, 0.2) is 5.82 Å². The number of carbonyl (C=O) groups excluding carboxylic acids is 3. The summed E-state index contributed by atoms with van der Waals surface area (Å²) in [5.41, 5.74) is 8.59. The van der Waals surface area contributed by atoms with Gasteiger partial charge in [-0.2, -0.15) is 5.10 Å². The first kappa shape index (κ1) is 24.9. The molecular formula is C26H31N7O3. The molecule has 3 N–H and O–H groups in total. The van der Waals surface area contributed by atoms with Crippen molar-refractivity contribution < 1.29 is 14.4 Å². The third-order valence-electron chi connectivity index (χ3n) is 6.51. The molecule has 1 aliphatic rings. The van der Waals surface area contributed by atoms with Crippen molar-refractivity contribution in [1.29, 1.82) is 0 Å². The van der Waals surface area contributed by atoms with Crippen LogP contribution in [0, 0.1) is 12.8 Å². The number of aromatic nitrogens is 3. The van der Waals surface area contributed by atoms with E-state index in [1.807, 2.05) is 38.1 Å². The molecule has 0 aliphatic carbocycles. The van der Waals surface area contributed by atoms with E-state index >= 15 is 0 Å². The normalized spacial score (nSPS) is 17.9. The Labute approximate surface area is 210 Å². The molecule has 0 spiro atoms. The Morgan fingerprint density at radius 2 is 2.00 bits per heavy atom. The fourth-order valence-corrected chi connectivity index (χ4v) is 4.55. The van der Waals surface area contributed by atoms with Gasteiger partial charge in [-0.05, 0) is 43.0 Å². The number of benzene rings is 1. The summed E-state index contributed by atoms with van der Waals surface area (Å²) in [5.74, 6) is -0.754. The van der Waals surface area contributed by atoms with Gasteiger partial charge in [0.2, 0.25) is 5.91 Å². The second kappa shape index (κ2) is 10.2. The number of rotatable bonds is 7. The Kier molecular flexibility index (Phi) is 7.05. The Bertz CT molecular complexity index is 1290. The number of anilines is 2. The summed E-state index contributed by atoms with van der Waals surface area (Å²) in [4.78, 5) is 46.6. The van der Waals surface area contributed by atoms with Crippen LogP contribution >= 0.6 is 0 Å². The van der Waals surface area contributed by atoms with Gasteiger partial charge in [0, 0.05) is 32.6 Å². The molecule has 10 heteroatoms. The number of β-lactam (4-membered cyclic amide) rings is 1. The molecular weight excluding hydrogens is 458 g/mol. The lowest BCUT2D eigenvalue weighted by Crippen LogP contribution is -2.70. The van der Waals surface area contributed by atoms with Crippen LogP contribution in [0.4, 0.5) is 16.4 Å². The number of hydrogen-bond donors (Lipinski definition) is 2. The maximum absolute atomic E-state index is 13.6. The van der Waals surface area contributed by atoms with E-state index in [2.05, 4.69) is 15.4 Å².